The lowest BCUT2D eigenvalue weighted by atomic mass is 10.0. The number of carbonyl (C=O) groups is 2. The van der Waals surface area contributed by atoms with E-state index in [9.17, 15) is 14.7 Å². The Bertz CT molecular complexity index is 1270. The molecule has 2 N–H and O–H groups in total. The lowest BCUT2D eigenvalue weighted by molar-refractivity contribution is -0.143. The molecule has 1 amide bonds. The molecule has 184 valence electrons. The summed E-state index contributed by atoms with van der Waals surface area (Å²) in [6, 6.07) is 28.7. The molecule has 0 saturated carbocycles. The number of hydrogen-bond donors (Lipinski definition) is 2. The van der Waals surface area contributed by atoms with Crippen LogP contribution >= 0.6 is 0 Å². The highest BCUT2D eigenvalue weighted by Gasteiger charge is 2.24. The normalized spacial score (nSPS) is 12.6. The first-order chi connectivity index (χ1) is 17.5. The highest BCUT2D eigenvalue weighted by atomic mass is 16.5. The number of carbonyl (C=O) groups excluding carboxylic acids is 1. The predicted octanol–water partition coefficient (Wildman–Crippen LogP) is 5.21. The van der Waals surface area contributed by atoms with Gasteiger partial charge in [0.2, 0.25) is 5.91 Å². The van der Waals surface area contributed by atoms with Crippen molar-refractivity contribution in [3.05, 3.63) is 109 Å². The molecule has 1 aromatic heterocycles. The Morgan fingerprint density at radius 2 is 1.42 bits per heavy atom. The van der Waals surface area contributed by atoms with Gasteiger partial charge in [0.15, 0.2) is 0 Å². The fraction of sp³-hybridized carbons (Fsp3) is 0.200. The number of rotatable bonds is 11. The van der Waals surface area contributed by atoms with Crippen molar-refractivity contribution in [1.82, 2.24) is 9.88 Å². The largest absolute Gasteiger partial charge is 0.480 e. The molecule has 0 radical (unpaired) electrons. The average molecular weight is 483 g/mol. The van der Waals surface area contributed by atoms with Gasteiger partial charge in [0, 0.05) is 19.5 Å². The molecule has 0 fully saturated rings. The van der Waals surface area contributed by atoms with Gasteiger partial charge in [-0.1, -0.05) is 84.9 Å². The van der Waals surface area contributed by atoms with Gasteiger partial charge in [-0.15, -0.1) is 0 Å². The van der Waals surface area contributed by atoms with Gasteiger partial charge >= 0.3 is 5.97 Å². The second-order valence-electron chi connectivity index (χ2n) is 8.76. The van der Waals surface area contributed by atoms with Crippen LogP contribution in [-0.4, -0.2) is 41.3 Å². The number of carboxylic acids is 1. The highest BCUT2D eigenvalue weighted by molar-refractivity contribution is 5.83. The summed E-state index contributed by atoms with van der Waals surface area (Å²) < 4.78 is 6.85. The number of methoxy groups -OCH3 is 1. The summed E-state index contributed by atoms with van der Waals surface area (Å²) >= 11 is 0. The van der Waals surface area contributed by atoms with E-state index in [-0.39, 0.29) is 18.4 Å². The maximum atomic E-state index is 12.8. The van der Waals surface area contributed by atoms with Gasteiger partial charge in [-0.25, -0.2) is 4.79 Å². The van der Waals surface area contributed by atoms with Gasteiger partial charge in [0.1, 0.15) is 6.04 Å². The van der Waals surface area contributed by atoms with E-state index in [4.69, 9.17) is 4.74 Å². The van der Waals surface area contributed by atoms with Crippen LogP contribution in [0.3, 0.4) is 0 Å². The minimum absolute atomic E-state index is 0.175. The maximum absolute atomic E-state index is 12.8. The third-order valence-electron chi connectivity index (χ3n) is 6.12. The van der Waals surface area contributed by atoms with E-state index in [2.05, 4.69) is 17.4 Å². The summed E-state index contributed by atoms with van der Waals surface area (Å²) in [4.78, 5) is 24.9. The molecule has 36 heavy (non-hydrogen) atoms. The minimum atomic E-state index is -1.06. The maximum Gasteiger partial charge on any atom is 0.327 e. The van der Waals surface area contributed by atoms with Crippen molar-refractivity contribution in [3.8, 4) is 22.3 Å². The van der Waals surface area contributed by atoms with Crippen molar-refractivity contribution in [2.75, 3.05) is 13.7 Å². The van der Waals surface area contributed by atoms with Crippen LogP contribution in [0.4, 0.5) is 0 Å². The van der Waals surface area contributed by atoms with Gasteiger partial charge in [0.05, 0.1) is 19.1 Å². The number of carboxylic acid groups (broad SMARTS) is 1. The Morgan fingerprint density at radius 3 is 2.03 bits per heavy atom. The molecule has 0 aliphatic heterocycles. The lowest BCUT2D eigenvalue weighted by Crippen LogP contribution is -2.41. The molecule has 2 unspecified atom stereocenters. The van der Waals surface area contributed by atoms with Crippen LogP contribution in [0.15, 0.2) is 103 Å². The molecule has 1 heterocycles. The fourth-order valence-corrected chi connectivity index (χ4v) is 4.30. The smallest absolute Gasteiger partial charge is 0.327 e. The Balaban J connectivity index is 1.43. The molecule has 2 atom stereocenters. The van der Waals surface area contributed by atoms with E-state index in [1.165, 1.54) is 0 Å². The Kier molecular flexibility index (Phi) is 8.32. The molecule has 4 rings (SSSR count). The van der Waals surface area contributed by atoms with Crippen LogP contribution in [0.1, 0.15) is 18.0 Å². The summed E-state index contributed by atoms with van der Waals surface area (Å²) in [5, 5.41) is 12.8. The molecule has 0 saturated heterocycles. The molecule has 0 bridgehead atoms. The lowest BCUT2D eigenvalue weighted by Gasteiger charge is -2.20. The van der Waals surface area contributed by atoms with Crippen LogP contribution in [0.5, 0.6) is 0 Å². The topological polar surface area (TPSA) is 80.6 Å². The first-order valence-corrected chi connectivity index (χ1v) is 11.9. The summed E-state index contributed by atoms with van der Waals surface area (Å²) in [5.74, 6) is -1.39. The number of nitrogens with zero attached hydrogens (tertiary/aromatic N) is 1. The van der Waals surface area contributed by atoms with Gasteiger partial charge in [-0.2, -0.15) is 0 Å². The Hall–Kier alpha value is -4.16. The van der Waals surface area contributed by atoms with E-state index in [0.29, 0.717) is 13.0 Å². The van der Waals surface area contributed by atoms with Crippen LogP contribution in [0.2, 0.25) is 0 Å². The number of ether oxygens (including phenoxy) is 1. The number of amides is 1. The molecule has 0 spiro atoms. The summed E-state index contributed by atoms with van der Waals surface area (Å²) in [6.45, 7) is 0.338. The number of nitrogens with one attached hydrogen (secondary N) is 1. The summed E-state index contributed by atoms with van der Waals surface area (Å²) in [6.07, 6.45) is 3.92. The van der Waals surface area contributed by atoms with Crippen LogP contribution < -0.4 is 5.32 Å². The molecule has 3 aromatic carbocycles. The van der Waals surface area contributed by atoms with Gasteiger partial charge in [-0.05, 0) is 40.3 Å². The fourth-order valence-electron chi connectivity index (χ4n) is 4.30. The van der Waals surface area contributed by atoms with Crippen molar-refractivity contribution in [3.63, 3.8) is 0 Å². The SMILES string of the molecule is COCC(Cc1ccccc1)NC(=O)CC(C(=O)O)n1ccc(-c2ccc(-c3ccccc3)cc2)c1. The zero-order valence-electron chi connectivity index (χ0n) is 20.2. The average Bonchev–Trinajstić information content (AvgIpc) is 3.38. The number of aliphatic carboxylic acids is 1. The first kappa shape index (κ1) is 24.9. The third-order valence-corrected chi connectivity index (χ3v) is 6.12. The number of hydrogen-bond acceptors (Lipinski definition) is 3. The van der Waals surface area contributed by atoms with E-state index >= 15 is 0 Å². The van der Waals surface area contributed by atoms with Crippen LogP contribution in [0.25, 0.3) is 22.3 Å². The number of aromatic nitrogens is 1. The molecule has 0 aliphatic rings. The zero-order chi connectivity index (χ0) is 25.3. The summed E-state index contributed by atoms with van der Waals surface area (Å²) in [5.41, 5.74) is 5.19. The second kappa shape index (κ2) is 12.0. The highest BCUT2D eigenvalue weighted by Crippen LogP contribution is 2.26. The van der Waals surface area contributed by atoms with E-state index in [0.717, 1.165) is 27.8 Å². The number of benzene rings is 3. The third kappa shape index (κ3) is 6.49. The van der Waals surface area contributed by atoms with Crippen molar-refractivity contribution in [2.45, 2.75) is 24.9 Å². The van der Waals surface area contributed by atoms with Crippen molar-refractivity contribution < 1.29 is 19.4 Å². The van der Waals surface area contributed by atoms with E-state index in [1.807, 2.05) is 78.9 Å². The minimum Gasteiger partial charge on any atom is -0.480 e. The summed E-state index contributed by atoms with van der Waals surface area (Å²) in [7, 11) is 1.58. The van der Waals surface area contributed by atoms with Crippen molar-refractivity contribution in [2.24, 2.45) is 0 Å². The van der Waals surface area contributed by atoms with Gasteiger partial charge < -0.3 is 19.7 Å². The molecule has 6 heteroatoms. The van der Waals surface area contributed by atoms with Gasteiger partial charge in [-0.3, -0.25) is 4.79 Å². The monoisotopic (exact) mass is 482 g/mol. The van der Waals surface area contributed by atoms with Gasteiger partial charge in [0.25, 0.3) is 0 Å². The van der Waals surface area contributed by atoms with E-state index in [1.54, 1.807) is 24.1 Å². The van der Waals surface area contributed by atoms with Crippen molar-refractivity contribution in [1.29, 1.82) is 0 Å². The predicted molar refractivity (Wildman–Crippen MR) is 141 cm³/mol. The molecule has 4 aromatic rings. The Labute approximate surface area is 211 Å². The van der Waals surface area contributed by atoms with Crippen molar-refractivity contribution >= 4 is 11.9 Å². The standard InChI is InChI=1S/C30H30N2O4/c1-36-21-27(18-22-8-4-2-5-9-22)31-29(33)19-28(30(34)35)32-17-16-26(20-32)25-14-12-24(13-15-25)23-10-6-3-7-11-23/h2-17,20,27-28H,18-19,21H2,1H3,(H,31,33)(H,34,35). The van der Waals surface area contributed by atoms with E-state index < -0.39 is 12.0 Å². The molecule has 0 aliphatic carbocycles. The Morgan fingerprint density at radius 1 is 0.833 bits per heavy atom. The van der Waals surface area contributed by atoms with Crippen LogP contribution in [-0.2, 0) is 20.7 Å². The zero-order valence-corrected chi connectivity index (χ0v) is 20.2. The second-order valence-corrected chi connectivity index (χ2v) is 8.76. The first-order valence-electron chi connectivity index (χ1n) is 11.9. The quantitative estimate of drug-likeness (QED) is 0.307. The molecular weight excluding hydrogens is 452 g/mol. The van der Waals surface area contributed by atoms with Crippen LogP contribution in [0, 0.1) is 0 Å². The molecular formula is C30H30N2O4. The molecule has 6 nitrogen and oxygen atoms in total.